The van der Waals surface area contributed by atoms with Crippen LogP contribution in [-0.4, -0.2) is 7.11 Å². The Hall–Kier alpha value is -1.80. The first kappa shape index (κ1) is 15.6. The van der Waals surface area contributed by atoms with Gasteiger partial charge in [-0.05, 0) is 47.6 Å². The van der Waals surface area contributed by atoms with Gasteiger partial charge in [-0.1, -0.05) is 50.2 Å². The number of ether oxygens (including phenoxy) is 1. The van der Waals surface area contributed by atoms with E-state index in [0.717, 1.165) is 18.6 Å². The molecule has 0 aliphatic carbocycles. The lowest BCUT2D eigenvalue weighted by molar-refractivity contribution is 0.414. The topological polar surface area (TPSA) is 35.2 Å². The third-order valence-corrected chi connectivity index (χ3v) is 4.14. The fourth-order valence-electron chi connectivity index (χ4n) is 2.48. The molecule has 0 spiro atoms. The molecule has 0 aliphatic rings. The van der Waals surface area contributed by atoms with Crippen LogP contribution in [0.2, 0.25) is 0 Å². The maximum Gasteiger partial charge on any atom is 0.119 e. The molecule has 21 heavy (non-hydrogen) atoms. The predicted octanol–water partition coefficient (Wildman–Crippen LogP) is 4.45. The SMILES string of the molecule is CCC(C)c1ccc(C(N)Cc2cccc(OC)c2)cc1. The summed E-state index contributed by atoms with van der Waals surface area (Å²) in [7, 11) is 1.69. The number of hydrogen-bond acceptors (Lipinski definition) is 2. The second kappa shape index (κ2) is 7.28. The second-order valence-corrected chi connectivity index (χ2v) is 5.64. The van der Waals surface area contributed by atoms with E-state index in [9.17, 15) is 0 Å². The summed E-state index contributed by atoms with van der Waals surface area (Å²) in [5, 5.41) is 0. The fraction of sp³-hybridized carbons (Fsp3) is 0.368. The first-order valence-corrected chi connectivity index (χ1v) is 7.62. The van der Waals surface area contributed by atoms with E-state index >= 15 is 0 Å². The highest BCUT2D eigenvalue weighted by molar-refractivity contribution is 5.32. The van der Waals surface area contributed by atoms with Crippen molar-refractivity contribution in [1.29, 1.82) is 0 Å². The van der Waals surface area contributed by atoms with Gasteiger partial charge in [-0.3, -0.25) is 0 Å². The van der Waals surface area contributed by atoms with Crippen molar-refractivity contribution in [3.05, 3.63) is 65.2 Å². The Morgan fingerprint density at radius 3 is 2.33 bits per heavy atom. The number of nitrogens with two attached hydrogens (primary N) is 1. The minimum atomic E-state index is 0.0167. The van der Waals surface area contributed by atoms with Crippen molar-refractivity contribution in [2.75, 3.05) is 7.11 Å². The van der Waals surface area contributed by atoms with Crippen LogP contribution in [0.5, 0.6) is 5.75 Å². The van der Waals surface area contributed by atoms with Crippen molar-refractivity contribution in [2.45, 2.75) is 38.6 Å². The van der Waals surface area contributed by atoms with E-state index < -0.39 is 0 Å². The molecule has 0 bridgehead atoms. The summed E-state index contributed by atoms with van der Waals surface area (Å²) in [4.78, 5) is 0. The molecule has 0 radical (unpaired) electrons. The van der Waals surface area contributed by atoms with Crippen LogP contribution in [0.25, 0.3) is 0 Å². The lowest BCUT2D eigenvalue weighted by Gasteiger charge is -2.15. The molecule has 2 nitrogen and oxygen atoms in total. The summed E-state index contributed by atoms with van der Waals surface area (Å²) in [6.07, 6.45) is 1.98. The monoisotopic (exact) mass is 283 g/mol. The van der Waals surface area contributed by atoms with Gasteiger partial charge in [-0.15, -0.1) is 0 Å². The van der Waals surface area contributed by atoms with Crippen LogP contribution in [0.1, 0.15) is 48.9 Å². The third kappa shape index (κ3) is 4.08. The van der Waals surface area contributed by atoms with Crippen LogP contribution in [0, 0.1) is 0 Å². The summed E-state index contributed by atoms with van der Waals surface area (Å²) in [5.74, 6) is 1.49. The van der Waals surface area contributed by atoms with Crippen molar-refractivity contribution < 1.29 is 4.74 Å². The second-order valence-electron chi connectivity index (χ2n) is 5.64. The zero-order valence-corrected chi connectivity index (χ0v) is 13.2. The molecule has 2 unspecified atom stereocenters. The molecule has 0 saturated carbocycles. The van der Waals surface area contributed by atoms with E-state index in [-0.39, 0.29) is 6.04 Å². The van der Waals surface area contributed by atoms with Crippen LogP contribution >= 0.6 is 0 Å². The summed E-state index contributed by atoms with van der Waals surface area (Å²) in [6, 6.07) is 16.8. The van der Waals surface area contributed by atoms with Gasteiger partial charge in [-0.25, -0.2) is 0 Å². The van der Waals surface area contributed by atoms with E-state index in [1.165, 1.54) is 16.7 Å². The largest absolute Gasteiger partial charge is 0.497 e. The average molecular weight is 283 g/mol. The van der Waals surface area contributed by atoms with Gasteiger partial charge < -0.3 is 10.5 Å². The molecule has 2 rings (SSSR count). The highest BCUT2D eigenvalue weighted by atomic mass is 16.5. The van der Waals surface area contributed by atoms with Gasteiger partial charge in [0.15, 0.2) is 0 Å². The Morgan fingerprint density at radius 1 is 1.05 bits per heavy atom. The lowest BCUT2D eigenvalue weighted by Crippen LogP contribution is -2.13. The van der Waals surface area contributed by atoms with Crippen molar-refractivity contribution in [2.24, 2.45) is 5.73 Å². The van der Waals surface area contributed by atoms with Gasteiger partial charge in [0.1, 0.15) is 5.75 Å². The molecule has 2 heteroatoms. The quantitative estimate of drug-likeness (QED) is 0.850. The smallest absolute Gasteiger partial charge is 0.119 e. The average Bonchev–Trinajstić information content (AvgIpc) is 2.54. The van der Waals surface area contributed by atoms with E-state index in [1.54, 1.807) is 7.11 Å². The minimum absolute atomic E-state index is 0.0167. The Morgan fingerprint density at radius 2 is 1.71 bits per heavy atom. The van der Waals surface area contributed by atoms with Gasteiger partial charge in [-0.2, -0.15) is 0 Å². The van der Waals surface area contributed by atoms with Gasteiger partial charge in [0.25, 0.3) is 0 Å². The lowest BCUT2D eigenvalue weighted by atomic mass is 9.94. The molecule has 2 atom stereocenters. The molecule has 0 aliphatic heterocycles. The Bertz CT molecular complexity index is 562. The number of methoxy groups -OCH3 is 1. The van der Waals surface area contributed by atoms with Gasteiger partial charge in [0.2, 0.25) is 0 Å². The standard InChI is InChI=1S/C19H25NO/c1-4-14(2)16-8-10-17(11-9-16)19(20)13-15-6-5-7-18(12-15)21-3/h5-12,14,19H,4,13,20H2,1-3H3. The molecule has 0 aromatic heterocycles. The van der Waals surface area contributed by atoms with Crippen molar-refractivity contribution in [3.63, 3.8) is 0 Å². The third-order valence-electron chi connectivity index (χ3n) is 4.14. The molecular formula is C19H25NO. The number of hydrogen-bond donors (Lipinski definition) is 1. The Labute approximate surface area is 127 Å². The van der Waals surface area contributed by atoms with Crippen molar-refractivity contribution in [1.82, 2.24) is 0 Å². The minimum Gasteiger partial charge on any atom is -0.497 e. The fourth-order valence-corrected chi connectivity index (χ4v) is 2.48. The maximum atomic E-state index is 6.34. The Kier molecular flexibility index (Phi) is 5.40. The molecule has 2 N–H and O–H groups in total. The Balaban J connectivity index is 2.07. The predicted molar refractivity (Wildman–Crippen MR) is 88.8 cm³/mol. The van der Waals surface area contributed by atoms with Crippen LogP contribution in [0.15, 0.2) is 48.5 Å². The van der Waals surface area contributed by atoms with Crippen LogP contribution in [0.4, 0.5) is 0 Å². The van der Waals surface area contributed by atoms with Gasteiger partial charge >= 0.3 is 0 Å². The molecular weight excluding hydrogens is 258 g/mol. The number of benzene rings is 2. The van der Waals surface area contributed by atoms with Crippen LogP contribution in [-0.2, 0) is 6.42 Å². The van der Waals surface area contributed by atoms with Crippen LogP contribution < -0.4 is 10.5 Å². The first-order valence-electron chi connectivity index (χ1n) is 7.62. The molecule has 2 aromatic carbocycles. The highest BCUT2D eigenvalue weighted by Gasteiger charge is 2.09. The molecule has 0 fully saturated rings. The van der Waals surface area contributed by atoms with Crippen molar-refractivity contribution in [3.8, 4) is 5.75 Å². The van der Waals surface area contributed by atoms with Gasteiger partial charge in [0.05, 0.1) is 7.11 Å². The summed E-state index contributed by atoms with van der Waals surface area (Å²) < 4.78 is 5.26. The van der Waals surface area contributed by atoms with E-state index in [1.807, 2.05) is 18.2 Å². The zero-order valence-electron chi connectivity index (χ0n) is 13.2. The molecule has 112 valence electrons. The maximum absolute atomic E-state index is 6.34. The van der Waals surface area contributed by atoms with E-state index in [0.29, 0.717) is 5.92 Å². The normalized spacial score (nSPS) is 13.7. The molecule has 0 amide bonds. The molecule has 0 heterocycles. The van der Waals surface area contributed by atoms with E-state index in [4.69, 9.17) is 10.5 Å². The molecule has 0 saturated heterocycles. The molecule has 2 aromatic rings. The number of rotatable bonds is 6. The van der Waals surface area contributed by atoms with E-state index in [2.05, 4.69) is 44.2 Å². The first-order chi connectivity index (χ1) is 10.1. The zero-order chi connectivity index (χ0) is 15.2. The summed E-state index contributed by atoms with van der Waals surface area (Å²) in [6.45, 7) is 4.47. The van der Waals surface area contributed by atoms with Crippen molar-refractivity contribution >= 4 is 0 Å². The highest BCUT2D eigenvalue weighted by Crippen LogP contribution is 2.23. The summed E-state index contributed by atoms with van der Waals surface area (Å²) >= 11 is 0. The van der Waals surface area contributed by atoms with Gasteiger partial charge in [0, 0.05) is 6.04 Å². The van der Waals surface area contributed by atoms with Crippen LogP contribution in [0.3, 0.4) is 0 Å². The summed E-state index contributed by atoms with van der Waals surface area (Å²) in [5.41, 5.74) is 10.1.